The summed E-state index contributed by atoms with van der Waals surface area (Å²) in [5, 5.41) is 0. The molecule has 0 fully saturated rings. The predicted octanol–water partition coefficient (Wildman–Crippen LogP) is 3.95. The maximum atomic E-state index is 11.1. The van der Waals surface area contributed by atoms with Crippen LogP contribution >= 0.6 is 0 Å². The van der Waals surface area contributed by atoms with Crippen LogP contribution in [0, 0.1) is 0 Å². The second kappa shape index (κ2) is 6.69. The Balaban J connectivity index is 3.15. The van der Waals surface area contributed by atoms with Crippen LogP contribution in [0.5, 0.6) is 0 Å². The minimum Gasteiger partial charge on any atom is -0.431 e. The van der Waals surface area contributed by atoms with E-state index in [1.807, 2.05) is 30.3 Å². The van der Waals surface area contributed by atoms with E-state index < -0.39 is 0 Å². The van der Waals surface area contributed by atoms with Gasteiger partial charge in [0.25, 0.3) is 0 Å². The molecule has 2 nitrogen and oxygen atoms in total. The van der Waals surface area contributed by atoms with Crippen molar-refractivity contribution in [3.8, 4) is 0 Å². The molecule has 90 valence electrons. The SMILES string of the molecule is C=CC/C(OC(C)=O)=C(\CC)c1ccccc1. The minimum atomic E-state index is -0.288. The minimum absolute atomic E-state index is 0.288. The first-order valence-corrected chi connectivity index (χ1v) is 5.75. The molecule has 0 saturated carbocycles. The molecule has 0 amide bonds. The second-order valence-electron chi connectivity index (χ2n) is 3.71. The number of ether oxygens (including phenoxy) is 1. The van der Waals surface area contributed by atoms with Crippen LogP contribution in [0.1, 0.15) is 32.3 Å². The van der Waals surface area contributed by atoms with E-state index in [-0.39, 0.29) is 5.97 Å². The van der Waals surface area contributed by atoms with Gasteiger partial charge in [0.15, 0.2) is 0 Å². The van der Waals surface area contributed by atoms with E-state index in [0.29, 0.717) is 12.2 Å². The molecular weight excluding hydrogens is 212 g/mol. The standard InChI is InChI=1S/C15H18O2/c1-4-9-15(17-12(3)16)14(5-2)13-10-7-6-8-11-13/h4,6-8,10-11H,1,5,9H2,2-3H3/b15-14-. The van der Waals surface area contributed by atoms with Crippen LogP contribution < -0.4 is 0 Å². The van der Waals surface area contributed by atoms with Crippen molar-refractivity contribution in [2.75, 3.05) is 0 Å². The molecule has 0 saturated heterocycles. The van der Waals surface area contributed by atoms with Gasteiger partial charge in [-0.15, -0.1) is 6.58 Å². The van der Waals surface area contributed by atoms with Crippen LogP contribution in [0.3, 0.4) is 0 Å². The number of rotatable bonds is 5. The maximum Gasteiger partial charge on any atom is 0.307 e. The van der Waals surface area contributed by atoms with E-state index in [4.69, 9.17) is 4.74 Å². The average molecular weight is 230 g/mol. The van der Waals surface area contributed by atoms with Gasteiger partial charge in [0.2, 0.25) is 0 Å². The monoisotopic (exact) mass is 230 g/mol. The van der Waals surface area contributed by atoms with Crippen molar-refractivity contribution >= 4 is 11.5 Å². The molecule has 0 aliphatic heterocycles. The molecule has 0 aliphatic carbocycles. The molecule has 1 aromatic rings. The quantitative estimate of drug-likeness (QED) is 0.435. The average Bonchev–Trinajstić information content (AvgIpc) is 2.31. The Morgan fingerprint density at radius 1 is 1.35 bits per heavy atom. The lowest BCUT2D eigenvalue weighted by Crippen LogP contribution is -2.01. The number of carbonyl (C=O) groups excluding carboxylic acids is 1. The molecule has 0 bridgehead atoms. The van der Waals surface area contributed by atoms with Gasteiger partial charge in [-0.1, -0.05) is 43.3 Å². The Labute approximate surface area is 103 Å². The number of allylic oxidation sites excluding steroid dienone is 2. The highest BCUT2D eigenvalue weighted by Crippen LogP contribution is 2.25. The highest BCUT2D eigenvalue weighted by molar-refractivity contribution is 5.73. The molecule has 0 radical (unpaired) electrons. The van der Waals surface area contributed by atoms with Crippen molar-refractivity contribution in [3.05, 3.63) is 54.3 Å². The lowest BCUT2D eigenvalue weighted by atomic mass is 10.0. The van der Waals surface area contributed by atoms with Gasteiger partial charge in [-0.25, -0.2) is 0 Å². The molecule has 0 aliphatic rings. The van der Waals surface area contributed by atoms with Gasteiger partial charge in [0.05, 0.1) is 0 Å². The van der Waals surface area contributed by atoms with E-state index in [0.717, 1.165) is 17.6 Å². The van der Waals surface area contributed by atoms with Crippen LogP contribution in [0.4, 0.5) is 0 Å². The van der Waals surface area contributed by atoms with E-state index in [9.17, 15) is 4.79 Å². The van der Waals surface area contributed by atoms with E-state index in [2.05, 4.69) is 13.5 Å². The van der Waals surface area contributed by atoms with Crippen molar-refractivity contribution in [1.29, 1.82) is 0 Å². The smallest absolute Gasteiger partial charge is 0.307 e. The summed E-state index contributed by atoms with van der Waals surface area (Å²) in [6, 6.07) is 9.96. The van der Waals surface area contributed by atoms with Crippen molar-refractivity contribution in [2.45, 2.75) is 26.7 Å². The highest BCUT2D eigenvalue weighted by atomic mass is 16.5. The summed E-state index contributed by atoms with van der Waals surface area (Å²) in [6.07, 6.45) is 3.13. The van der Waals surface area contributed by atoms with E-state index >= 15 is 0 Å². The first kappa shape index (κ1) is 13.2. The van der Waals surface area contributed by atoms with Gasteiger partial charge in [-0.3, -0.25) is 4.79 Å². The fourth-order valence-electron chi connectivity index (χ4n) is 1.73. The van der Waals surface area contributed by atoms with Crippen LogP contribution in [-0.2, 0) is 9.53 Å². The Hall–Kier alpha value is -1.83. The molecular formula is C15H18O2. The molecule has 1 rings (SSSR count). The molecule has 0 unspecified atom stereocenters. The largest absolute Gasteiger partial charge is 0.431 e. The lowest BCUT2D eigenvalue weighted by molar-refractivity contribution is -0.136. The van der Waals surface area contributed by atoms with Crippen molar-refractivity contribution in [1.82, 2.24) is 0 Å². The van der Waals surface area contributed by atoms with Crippen molar-refractivity contribution in [3.63, 3.8) is 0 Å². The van der Waals surface area contributed by atoms with Crippen LogP contribution in [0.25, 0.3) is 5.57 Å². The molecule has 0 N–H and O–H groups in total. The zero-order valence-electron chi connectivity index (χ0n) is 10.4. The Kier molecular flexibility index (Phi) is 5.21. The number of hydrogen-bond donors (Lipinski definition) is 0. The zero-order valence-corrected chi connectivity index (χ0v) is 10.4. The summed E-state index contributed by atoms with van der Waals surface area (Å²) in [6.45, 7) is 7.16. The van der Waals surface area contributed by atoms with Gasteiger partial charge < -0.3 is 4.74 Å². The van der Waals surface area contributed by atoms with Crippen molar-refractivity contribution < 1.29 is 9.53 Å². The number of carbonyl (C=O) groups is 1. The lowest BCUT2D eigenvalue weighted by Gasteiger charge is -2.12. The first-order chi connectivity index (χ1) is 8.19. The zero-order chi connectivity index (χ0) is 12.7. The van der Waals surface area contributed by atoms with Gasteiger partial charge in [0, 0.05) is 13.3 Å². The Bertz CT molecular complexity index is 416. The van der Waals surface area contributed by atoms with Crippen molar-refractivity contribution in [2.24, 2.45) is 0 Å². The number of esters is 1. The Morgan fingerprint density at radius 3 is 2.47 bits per heavy atom. The number of hydrogen-bond acceptors (Lipinski definition) is 2. The molecule has 0 heterocycles. The fraction of sp³-hybridized carbons (Fsp3) is 0.267. The van der Waals surface area contributed by atoms with Crippen LogP contribution in [-0.4, -0.2) is 5.97 Å². The predicted molar refractivity (Wildman–Crippen MR) is 70.2 cm³/mol. The van der Waals surface area contributed by atoms with Gasteiger partial charge in [-0.2, -0.15) is 0 Å². The first-order valence-electron chi connectivity index (χ1n) is 5.75. The molecule has 2 heteroatoms. The topological polar surface area (TPSA) is 26.3 Å². The second-order valence-corrected chi connectivity index (χ2v) is 3.71. The molecule has 0 atom stereocenters. The third kappa shape index (κ3) is 3.91. The summed E-state index contributed by atoms with van der Waals surface area (Å²) >= 11 is 0. The molecule has 0 aromatic heterocycles. The molecule has 1 aromatic carbocycles. The number of benzene rings is 1. The van der Waals surface area contributed by atoms with E-state index in [1.165, 1.54) is 6.92 Å². The normalized spacial score (nSPS) is 11.6. The highest BCUT2D eigenvalue weighted by Gasteiger charge is 2.09. The summed E-state index contributed by atoms with van der Waals surface area (Å²) in [4.78, 5) is 11.1. The van der Waals surface area contributed by atoms with Crippen LogP contribution in [0.2, 0.25) is 0 Å². The fourth-order valence-corrected chi connectivity index (χ4v) is 1.73. The maximum absolute atomic E-state index is 11.1. The third-order valence-electron chi connectivity index (χ3n) is 2.41. The van der Waals surface area contributed by atoms with E-state index in [1.54, 1.807) is 6.08 Å². The van der Waals surface area contributed by atoms with Gasteiger partial charge in [0.1, 0.15) is 5.76 Å². The summed E-state index contributed by atoms with van der Waals surface area (Å²) in [7, 11) is 0. The molecule has 17 heavy (non-hydrogen) atoms. The summed E-state index contributed by atoms with van der Waals surface area (Å²) in [5.74, 6) is 0.407. The molecule has 0 spiro atoms. The summed E-state index contributed by atoms with van der Waals surface area (Å²) in [5.41, 5.74) is 2.15. The Morgan fingerprint density at radius 2 is 2.00 bits per heavy atom. The van der Waals surface area contributed by atoms with Crippen LogP contribution in [0.15, 0.2) is 48.7 Å². The van der Waals surface area contributed by atoms with Gasteiger partial charge in [-0.05, 0) is 17.6 Å². The summed E-state index contributed by atoms with van der Waals surface area (Å²) < 4.78 is 5.27. The van der Waals surface area contributed by atoms with Gasteiger partial charge >= 0.3 is 5.97 Å². The third-order valence-corrected chi connectivity index (χ3v) is 2.41.